The van der Waals surface area contributed by atoms with E-state index >= 15 is 0 Å². The molecular formula is C14H13N5OS. The zero-order valence-corrected chi connectivity index (χ0v) is 12.0. The molecule has 4 rings (SSSR count). The van der Waals surface area contributed by atoms with Gasteiger partial charge in [-0.3, -0.25) is 4.57 Å². The summed E-state index contributed by atoms with van der Waals surface area (Å²) in [5.74, 6) is 2.51. The van der Waals surface area contributed by atoms with Gasteiger partial charge in [0.25, 0.3) is 0 Å². The highest BCUT2D eigenvalue weighted by molar-refractivity contribution is 7.98. The lowest BCUT2D eigenvalue weighted by Gasteiger charge is -2.04. The van der Waals surface area contributed by atoms with Crippen LogP contribution >= 0.6 is 11.8 Å². The second-order valence-electron chi connectivity index (χ2n) is 4.92. The summed E-state index contributed by atoms with van der Waals surface area (Å²) in [6.07, 6.45) is 4.04. The van der Waals surface area contributed by atoms with Gasteiger partial charge in [0.1, 0.15) is 6.33 Å². The van der Waals surface area contributed by atoms with Crippen molar-refractivity contribution in [2.75, 3.05) is 0 Å². The Kier molecular flexibility index (Phi) is 3.19. The Hall–Kier alpha value is -2.15. The van der Waals surface area contributed by atoms with E-state index in [4.69, 9.17) is 4.42 Å². The van der Waals surface area contributed by atoms with Crippen LogP contribution in [0.25, 0.3) is 5.69 Å². The van der Waals surface area contributed by atoms with Gasteiger partial charge in [-0.25, -0.2) is 0 Å². The fourth-order valence-electron chi connectivity index (χ4n) is 2.03. The molecule has 0 radical (unpaired) electrons. The third-order valence-corrected chi connectivity index (χ3v) is 4.21. The molecule has 1 saturated carbocycles. The predicted octanol–water partition coefficient (Wildman–Crippen LogP) is 2.82. The second kappa shape index (κ2) is 5.33. The maximum Gasteiger partial charge on any atom is 0.226 e. The van der Waals surface area contributed by atoms with Gasteiger partial charge in [0, 0.05) is 11.6 Å². The lowest BCUT2D eigenvalue weighted by molar-refractivity contribution is 0.466. The Morgan fingerprint density at radius 3 is 2.81 bits per heavy atom. The summed E-state index contributed by atoms with van der Waals surface area (Å²) in [6.45, 7) is 0. The fraction of sp³-hybridized carbons (Fsp3) is 0.286. The molecule has 0 spiro atoms. The fourth-order valence-corrected chi connectivity index (χ4v) is 2.80. The van der Waals surface area contributed by atoms with E-state index in [1.54, 1.807) is 18.1 Å². The van der Waals surface area contributed by atoms with Crippen molar-refractivity contribution in [2.45, 2.75) is 29.7 Å². The van der Waals surface area contributed by atoms with Gasteiger partial charge in [-0.15, -0.1) is 20.4 Å². The first-order valence-electron chi connectivity index (χ1n) is 6.80. The number of aromatic nitrogens is 5. The molecular weight excluding hydrogens is 286 g/mol. The maximum atomic E-state index is 5.65. The number of para-hydroxylation sites is 1. The highest BCUT2D eigenvalue weighted by Crippen LogP contribution is 2.39. The van der Waals surface area contributed by atoms with E-state index in [0.29, 0.717) is 17.6 Å². The molecule has 0 amide bonds. The van der Waals surface area contributed by atoms with Gasteiger partial charge in [-0.2, -0.15) is 0 Å². The Morgan fingerprint density at radius 1 is 1.14 bits per heavy atom. The molecule has 7 heteroatoms. The first kappa shape index (κ1) is 12.6. The minimum Gasteiger partial charge on any atom is -0.424 e. The van der Waals surface area contributed by atoms with Gasteiger partial charge in [0.05, 0.1) is 5.75 Å². The van der Waals surface area contributed by atoms with Crippen molar-refractivity contribution < 1.29 is 4.42 Å². The second-order valence-corrected chi connectivity index (χ2v) is 5.86. The number of hydrogen-bond acceptors (Lipinski definition) is 6. The molecule has 2 aromatic heterocycles. The highest BCUT2D eigenvalue weighted by Gasteiger charge is 2.29. The van der Waals surface area contributed by atoms with Crippen LogP contribution in [0.15, 0.2) is 46.2 Å². The summed E-state index contributed by atoms with van der Waals surface area (Å²) in [6, 6.07) is 10.0. The Balaban J connectivity index is 1.48. The molecule has 0 N–H and O–H groups in total. The largest absolute Gasteiger partial charge is 0.424 e. The van der Waals surface area contributed by atoms with E-state index in [2.05, 4.69) is 20.4 Å². The Morgan fingerprint density at radius 2 is 2.00 bits per heavy atom. The van der Waals surface area contributed by atoms with Crippen molar-refractivity contribution >= 4 is 11.8 Å². The zero-order valence-electron chi connectivity index (χ0n) is 11.2. The van der Waals surface area contributed by atoms with Gasteiger partial charge < -0.3 is 4.42 Å². The van der Waals surface area contributed by atoms with Crippen molar-refractivity contribution in [3.63, 3.8) is 0 Å². The molecule has 21 heavy (non-hydrogen) atoms. The molecule has 6 nitrogen and oxygen atoms in total. The van der Waals surface area contributed by atoms with Crippen molar-refractivity contribution in [3.8, 4) is 5.69 Å². The third-order valence-electron chi connectivity index (χ3n) is 3.28. The minimum absolute atomic E-state index is 0.490. The molecule has 0 aliphatic heterocycles. The van der Waals surface area contributed by atoms with Crippen LogP contribution < -0.4 is 0 Å². The van der Waals surface area contributed by atoms with Gasteiger partial charge in [0.2, 0.25) is 11.8 Å². The number of thioether (sulfide) groups is 1. The van der Waals surface area contributed by atoms with E-state index in [1.807, 2.05) is 34.9 Å². The van der Waals surface area contributed by atoms with E-state index in [9.17, 15) is 0 Å². The molecule has 3 aromatic rings. The molecule has 1 aliphatic rings. The number of rotatable bonds is 5. The van der Waals surface area contributed by atoms with Crippen LogP contribution in [0.2, 0.25) is 0 Å². The third kappa shape index (κ3) is 2.69. The summed E-state index contributed by atoms with van der Waals surface area (Å²) in [4.78, 5) is 0. The molecule has 0 atom stereocenters. The summed E-state index contributed by atoms with van der Waals surface area (Å²) in [7, 11) is 0. The molecule has 0 bridgehead atoms. The van der Waals surface area contributed by atoms with Gasteiger partial charge in [0.15, 0.2) is 5.16 Å². The van der Waals surface area contributed by atoms with Gasteiger partial charge in [-0.1, -0.05) is 30.0 Å². The van der Waals surface area contributed by atoms with Gasteiger partial charge >= 0.3 is 0 Å². The van der Waals surface area contributed by atoms with Gasteiger partial charge in [-0.05, 0) is 25.0 Å². The molecule has 1 aliphatic carbocycles. The maximum absolute atomic E-state index is 5.65. The highest BCUT2D eigenvalue weighted by atomic mass is 32.2. The average Bonchev–Trinajstić information content (AvgIpc) is 3.10. The number of nitrogens with zero attached hydrogens (tertiary/aromatic N) is 5. The molecule has 1 fully saturated rings. The van der Waals surface area contributed by atoms with Crippen molar-refractivity contribution in [1.29, 1.82) is 0 Å². The molecule has 2 heterocycles. The lowest BCUT2D eigenvalue weighted by atomic mass is 10.3. The molecule has 0 saturated heterocycles. The zero-order chi connectivity index (χ0) is 14.1. The smallest absolute Gasteiger partial charge is 0.226 e. The van der Waals surface area contributed by atoms with E-state index in [-0.39, 0.29) is 0 Å². The van der Waals surface area contributed by atoms with Crippen LogP contribution in [0.5, 0.6) is 0 Å². The van der Waals surface area contributed by atoms with Crippen molar-refractivity contribution in [1.82, 2.24) is 25.0 Å². The lowest BCUT2D eigenvalue weighted by Crippen LogP contribution is -1.94. The monoisotopic (exact) mass is 299 g/mol. The first-order chi connectivity index (χ1) is 10.4. The van der Waals surface area contributed by atoms with E-state index in [0.717, 1.165) is 29.6 Å². The SMILES string of the molecule is c1ccc(-n2cnnc2SCc2nnc(C3CC3)o2)cc1. The quantitative estimate of drug-likeness (QED) is 0.675. The van der Waals surface area contributed by atoms with Crippen LogP contribution in [-0.4, -0.2) is 25.0 Å². The van der Waals surface area contributed by atoms with Crippen LogP contribution in [0.3, 0.4) is 0 Å². The van der Waals surface area contributed by atoms with Crippen LogP contribution in [-0.2, 0) is 5.75 Å². The Bertz CT molecular complexity index is 735. The van der Waals surface area contributed by atoms with Crippen molar-refractivity contribution in [2.24, 2.45) is 0 Å². The molecule has 1 aromatic carbocycles. The standard InChI is InChI=1S/C14H13N5OS/c1-2-4-11(5-3-1)19-9-15-18-14(19)21-8-12-16-17-13(20-12)10-6-7-10/h1-5,9-10H,6-8H2. The number of benzene rings is 1. The summed E-state index contributed by atoms with van der Waals surface area (Å²) in [5, 5.41) is 17.1. The summed E-state index contributed by atoms with van der Waals surface area (Å²) >= 11 is 1.54. The summed E-state index contributed by atoms with van der Waals surface area (Å²) in [5.41, 5.74) is 1.04. The topological polar surface area (TPSA) is 69.6 Å². The predicted molar refractivity (Wildman–Crippen MR) is 77.2 cm³/mol. The van der Waals surface area contributed by atoms with Crippen LogP contribution in [0.1, 0.15) is 30.5 Å². The molecule has 0 unspecified atom stereocenters. The normalized spacial score (nSPS) is 14.5. The van der Waals surface area contributed by atoms with E-state index in [1.165, 1.54) is 0 Å². The van der Waals surface area contributed by atoms with Crippen LogP contribution in [0, 0.1) is 0 Å². The molecule has 106 valence electrons. The Labute approximate surface area is 125 Å². The first-order valence-corrected chi connectivity index (χ1v) is 7.79. The van der Waals surface area contributed by atoms with Crippen LogP contribution in [0.4, 0.5) is 0 Å². The number of hydrogen-bond donors (Lipinski definition) is 0. The average molecular weight is 299 g/mol. The van der Waals surface area contributed by atoms with Crippen molar-refractivity contribution in [3.05, 3.63) is 48.4 Å². The minimum atomic E-state index is 0.490. The summed E-state index contributed by atoms with van der Waals surface area (Å²) < 4.78 is 7.60. The van der Waals surface area contributed by atoms with E-state index < -0.39 is 0 Å².